The number of carbonyl (C=O) groups excluding carboxylic acids is 2. The minimum Gasteiger partial charge on any atom is -0.299 e. The summed E-state index contributed by atoms with van der Waals surface area (Å²) in [4.78, 5) is 25.2. The lowest BCUT2D eigenvalue weighted by atomic mass is 9.92. The first-order valence-corrected chi connectivity index (χ1v) is 5.89. The lowest BCUT2D eigenvalue weighted by molar-refractivity contribution is -0.131. The smallest absolute Gasteiger partial charge is 0.149 e. The Morgan fingerprint density at radius 2 is 2.20 bits per heavy atom. The van der Waals surface area contributed by atoms with Crippen molar-refractivity contribution in [2.75, 3.05) is 13.1 Å². The average molecular weight is 211 g/mol. The van der Waals surface area contributed by atoms with Gasteiger partial charge in [0.1, 0.15) is 11.6 Å². The molecule has 0 amide bonds. The second-order valence-electron chi connectivity index (χ2n) is 4.31. The highest BCUT2D eigenvalue weighted by molar-refractivity contribution is 5.85. The number of likely N-dealkylation sites (tertiary alicyclic amines) is 1. The molecule has 0 bridgehead atoms. The van der Waals surface area contributed by atoms with Crippen LogP contribution >= 0.6 is 0 Å². The van der Waals surface area contributed by atoms with Gasteiger partial charge in [-0.3, -0.25) is 14.5 Å². The number of hydrogen-bond acceptors (Lipinski definition) is 3. The minimum atomic E-state index is -0.0165. The molecule has 0 aromatic carbocycles. The van der Waals surface area contributed by atoms with Gasteiger partial charge >= 0.3 is 0 Å². The van der Waals surface area contributed by atoms with Gasteiger partial charge in [-0.2, -0.15) is 0 Å². The van der Waals surface area contributed by atoms with Crippen molar-refractivity contribution in [1.29, 1.82) is 0 Å². The number of nitrogens with zero attached hydrogens (tertiary/aromatic N) is 1. The summed E-state index contributed by atoms with van der Waals surface area (Å²) in [5.41, 5.74) is 0. The third-order valence-electron chi connectivity index (χ3n) is 3.41. The largest absolute Gasteiger partial charge is 0.299 e. The highest BCUT2D eigenvalue weighted by Gasteiger charge is 2.30. The van der Waals surface area contributed by atoms with Crippen molar-refractivity contribution in [3.8, 4) is 0 Å². The zero-order valence-corrected chi connectivity index (χ0v) is 9.95. The molecule has 0 saturated carbocycles. The van der Waals surface area contributed by atoms with Gasteiger partial charge in [-0.05, 0) is 13.3 Å². The van der Waals surface area contributed by atoms with Crippen LogP contribution in [0.1, 0.15) is 40.0 Å². The average Bonchev–Trinajstić information content (AvgIpc) is 2.27. The highest BCUT2D eigenvalue weighted by atomic mass is 16.1. The van der Waals surface area contributed by atoms with E-state index in [-0.39, 0.29) is 17.7 Å². The molecule has 15 heavy (non-hydrogen) atoms. The zero-order chi connectivity index (χ0) is 11.4. The molecule has 0 N–H and O–H groups in total. The molecule has 1 heterocycles. The Morgan fingerprint density at radius 3 is 2.73 bits per heavy atom. The van der Waals surface area contributed by atoms with E-state index in [0.717, 1.165) is 19.5 Å². The lowest BCUT2D eigenvalue weighted by Gasteiger charge is -2.34. The van der Waals surface area contributed by atoms with Gasteiger partial charge in [0.2, 0.25) is 0 Å². The summed E-state index contributed by atoms with van der Waals surface area (Å²) >= 11 is 0. The van der Waals surface area contributed by atoms with Crippen molar-refractivity contribution in [2.24, 2.45) is 5.92 Å². The molecule has 1 aliphatic heterocycles. The van der Waals surface area contributed by atoms with Crippen molar-refractivity contribution in [3.63, 3.8) is 0 Å². The van der Waals surface area contributed by atoms with Crippen molar-refractivity contribution < 1.29 is 9.59 Å². The number of Topliss-reactive ketones (excluding diaryl/α,β-unsaturated/α-hetero) is 2. The fourth-order valence-electron chi connectivity index (χ4n) is 2.14. The summed E-state index contributed by atoms with van der Waals surface area (Å²) in [6.45, 7) is 7.41. The molecule has 0 aromatic rings. The van der Waals surface area contributed by atoms with Gasteiger partial charge in [0.05, 0.1) is 6.04 Å². The van der Waals surface area contributed by atoms with Gasteiger partial charge in [0, 0.05) is 31.8 Å². The van der Waals surface area contributed by atoms with Crippen LogP contribution in [0.5, 0.6) is 0 Å². The Morgan fingerprint density at radius 1 is 1.53 bits per heavy atom. The van der Waals surface area contributed by atoms with E-state index < -0.39 is 0 Å². The molecule has 0 aromatic heterocycles. The van der Waals surface area contributed by atoms with Crippen LogP contribution in [0.2, 0.25) is 0 Å². The van der Waals surface area contributed by atoms with E-state index in [1.165, 1.54) is 0 Å². The monoisotopic (exact) mass is 211 g/mol. The molecule has 1 rings (SSSR count). The topological polar surface area (TPSA) is 37.4 Å². The summed E-state index contributed by atoms with van der Waals surface area (Å²) in [5.74, 6) is 0.787. The first kappa shape index (κ1) is 12.4. The van der Waals surface area contributed by atoms with Gasteiger partial charge < -0.3 is 0 Å². The quantitative estimate of drug-likeness (QED) is 0.709. The summed E-state index contributed by atoms with van der Waals surface area (Å²) in [7, 11) is 0. The van der Waals surface area contributed by atoms with E-state index in [0.29, 0.717) is 18.6 Å². The first-order chi connectivity index (χ1) is 7.10. The van der Waals surface area contributed by atoms with E-state index in [4.69, 9.17) is 0 Å². The second-order valence-corrected chi connectivity index (χ2v) is 4.31. The first-order valence-electron chi connectivity index (χ1n) is 5.89. The fourth-order valence-corrected chi connectivity index (χ4v) is 2.14. The van der Waals surface area contributed by atoms with Crippen LogP contribution in [0.25, 0.3) is 0 Å². The Hall–Kier alpha value is -0.700. The molecule has 0 spiro atoms. The van der Waals surface area contributed by atoms with E-state index in [2.05, 4.69) is 4.90 Å². The van der Waals surface area contributed by atoms with Gasteiger partial charge in [-0.15, -0.1) is 0 Å². The maximum Gasteiger partial charge on any atom is 0.149 e. The second kappa shape index (κ2) is 5.40. The summed E-state index contributed by atoms with van der Waals surface area (Å²) < 4.78 is 0. The molecule has 1 fully saturated rings. The summed E-state index contributed by atoms with van der Waals surface area (Å²) in [6.07, 6.45) is 2.09. The van der Waals surface area contributed by atoms with Crippen LogP contribution in [0.4, 0.5) is 0 Å². The van der Waals surface area contributed by atoms with Gasteiger partial charge in [-0.1, -0.05) is 13.8 Å². The van der Waals surface area contributed by atoms with Crippen LogP contribution in [0.3, 0.4) is 0 Å². The maximum absolute atomic E-state index is 11.6. The van der Waals surface area contributed by atoms with Crippen LogP contribution in [0, 0.1) is 5.92 Å². The number of ketones is 2. The van der Waals surface area contributed by atoms with E-state index in [1.807, 2.05) is 20.8 Å². The Balaban J connectivity index is 2.57. The Bertz CT molecular complexity index is 250. The number of carbonyl (C=O) groups is 2. The molecule has 3 nitrogen and oxygen atoms in total. The van der Waals surface area contributed by atoms with Crippen LogP contribution in [-0.4, -0.2) is 35.6 Å². The number of rotatable bonds is 4. The molecule has 2 unspecified atom stereocenters. The molecule has 3 heteroatoms. The zero-order valence-electron chi connectivity index (χ0n) is 9.95. The van der Waals surface area contributed by atoms with E-state index in [9.17, 15) is 9.59 Å². The fraction of sp³-hybridized carbons (Fsp3) is 0.833. The maximum atomic E-state index is 11.6. The normalized spacial score (nSPS) is 25.3. The molecular weight excluding hydrogens is 190 g/mol. The van der Waals surface area contributed by atoms with Crippen molar-refractivity contribution in [3.05, 3.63) is 0 Å². The predicted octanol–water partition coefficient (Wildman–Crippen LogP) is 1.66. The SMILES string of the molecule is CCC(=O)C(C)N1CCC(=O)C(CC)C1. The molecule has 0 aliphatic carbocycles. The van der Waals surface area contributed by atoms with Crippen LogP contribution < -0.4 is 0 Å². The molecular formula is C12H21NO2. The van der Waals surface area contributed by atoms with E-state index in [1.54, 1.807) is 0 Å². The van der Waals surface area contributed by atoms with Gasteiger partial charge in [-0.25, -0.2) is 0 Å². The molecule has 0 radical (unpaired) electrons. The Labute approximate surface area is 91.8 Å². The van der Waals surface area contributed by atoms with Crippen molar-refractivity contribution in [2.45, 2.75) is 46.1 Å². The van der Waals surface area contributed by atoms with Gasteiger partial charge in [0.25, 0.3) is 0 Å². The lowest BCUT2D eigenvalue weighted by Crippen LogP contribution is -2.47. The number of hydrogen-bond donors (Lipinski definition) is 0. The molecule has 86 valence electrons. The molecule has 1 aliphatic rings. The predicted molar refractivity (Wildman–Crippen MR) is 59.7 cm³/mol. The molecule has 1 saturated heterocycles. The Kier molecular flexibility index (Phi) is 4.45. The van der Waals surface area contributed by atoms with Crippen molar-refractivity contribution in [1.82, 2.24) is 4.90 Å². The van der Waals surface area contributed by atoms with Crippen molar-refractivity contribution >= 4 is 11.6 Å². The summed E-state index contributed by atoms with van der Waals surface area (Å²) in [5, 5.41) is 0. The highest BCUT2D eigenvalue weighted by Crippen LogP contribution is 2.18. The third-order valence-corrected chi connectivity index (χ3v) is 3.41. The molecule has 2 atom stereocenters. The van der Waals surface area contributed by atoms with E-state index >= 15 is 0 Å². The number of piperidine rings is 1. The van der Waals surface area contributed by atoms with Crippen LogP contribution in [0.15, 0.2) is 0 Å². The standard InChI is InChI=1S/C12H21NO2/c1-4-10-8-13(7-6-12(10)15)9(3)11(14)5-2/h9-10H,4-8H2,1-3H3. The van der Waals surface area contributed by atoms with Crippen LogP contribution in [-0.2, 0) is 9.59 Å². The van der Waals surface area contributed by atoms with Gasteiger partial charge in [0.15, 0.2) is 0 Å². The minimum absolute atomic E-state index is 0.0165. The summed E-state index contributed by atoms with van der Waals surface area (Å²) in [6, 6.07) is -0.0165. The third kappa shape index (κ3) is 2.88.